The van der Waals surface area contributed by atoms with Crippen LogP contribution in [-0.4, -0.2) is 117 Å². The van der Waals surface area contributed by atoms with E-state index in [0.29, 0.717) is 83.3 Å². The number of aliphatic imine (C=N–C) groups is 1. The first kappa shape index (κ1) is 59.8. The van der Waals surface area contributed by atoms with Crippen LogP contribution in [0.5, 0.6) is 23.0 Å². The number of benzene rings is 5. The number of carbonyl (C=O) groups is 6. The minimum absolute atomic E-state index is 0.0125. The number of anilines is 4. The molecule has 3 amide bonds. The van der Waals surface area contributed by atoms with Gasteiger partial charge in [0.25, 0.3) is 5.91 Å². The van der Waals surface area contributed by atoms with Gasteiger partial charge in [-0.3, -0.25) is 24.2 Å². The van der Waals surface area contributed by atoms with Gasteiger partial charge in [0.05, 0.1) is 55.8 Å². The maximum absolute atomic E-state index is 14.0. The molecule has 3 aliphatic rings. The summed E-state index contributed by atoms with van der Waals surface area (Å²) in [6.07, 6.45) is 8.00. The van der Waals surface area contributed by atoms with Crippen LogP contribution in [0.4, 0.5) is 28.4 Å². The molecule has 3 heterocycles. The third kappa shape index (κ3) is 16.0. The quantitative estimate of drug-likeness (QED) is 0.0309. The predicted octanol–water partition coefficient (Wildman–Crippen LogP) is 8.33. The maximum Gasteiger partial charge on any atom is 0.260 e. The summed E-state index contributed by atoms with van der Waals surface area (Å²) >= 11 is 0. The highest BCUT2D eigenvalue weighted by Gasteiger charge is 2.38. The number of carbonyl (C=O) groups excluding carboxylic acids is 6. The van der Waals surface area contributed by atoms with Crippen LogP contribution in [0.3, 0.4) is 0 Å². The fourth-order valence-corrected chi connectivity index (χ4v) is 8.81. The van der Waals surface area contributed by atoms with E-state index in [1.54, 1.807) is 53.5 Å². The van der Waals surface area contributed by atoms with E-state index in [1.807, 2.05) is 86.6 Å². The highest BCUT2D eigenvalue weighted by molar-refractivity contribution is 6.12. The molecule has 0 aliphatic carbocycles. The third-order valence-electron chi connectivity index (χ3n) is 12.8. The van der Waals surface area contributed by atoms with Crippen molar-refractivity contribution in [2.45, 2.75) is 90.6 Å². The monoisotopic (exact) mass is 1060 g/mol. The fourth-order valence-electron chi connectivity index (χ4n) is 8.81. The number of ether oxygens (including phenoxy) is 5. The number of nitrogens with one attached hydrogen (secondary N) is 4. The number of fused-ring (bicyclic) bond motifs is 5. The van der Waals surface area contributed by atoms with Crippen molar-refractivity contribution in [1.29, 1.82) is 0 Å². The molecule has 3 aliphatic heterocycles. The lowest BCUT2D eigenvalue weighted by Gasteiger charge is -2.22. The Kier molecular flexibility index (Phi) is 23.6. The van der Waals surface area contributed by atoms with Crippen molar-refractivity contribution in [2.75, 3.05) is 76.1 Å². The zero-order valence-corrected chi connectivity index (χ0v) is 45.6. The number of likely N-dealkylation sites (N-methyl/N-ethyl adjacent to an activating group) is 2. The largest absolute Gasteiger partial charge is 0.493 e. The number of aldehydes is 3. The molecule has 0 spiro atoms. The Hall–Kier alpha value is -8.09. The number of amides is 3. The summed E-state index contributed by atoms with van der Waals surface area (Å²) in [5.41, 5.74) is 8.52. The lowest BCUT2D eigenvalue weighted by atomic mass is 10.1. The number of hydrogen-bond acceptors (Lipinski definition) is 15. The highest BCUT2D eigenvalue weighted by Crippen LogP contribution is 2.41. The van der Waals surface area contributed by atoms with Gasteiger partial charge < -0.3 is 64.3 Å². The third-order valence-corrected chi connectivity index (χ3v) is 12.8. The fraction of sp³-hybridized carbons (Fsp3) is 0.373. The molecular formula is C59H73N7O11. The van der Waals surface area contributed by atoms with Crippen LogP contribution >= 0.6 is 0 Å². The summed E-state index contributed by atoms with van der Waals surface area (Å²) in [5.74, 6) is 1.21. The summed E-state index contributed by atoms with van der Waals surface area (Å²) in [5, 5.41) is 11.9. The topological polar surface area (TPSA) is 216 Å². The van der Waals surface area contributed by atoms with Crippen LogP contribution in [0.2, 0.25) is 0 Å². The molecule has 0 saturated carbocycles. The number of methoxy groups -OCH3 is 3. The molecule has 8 rings (SSSR count). The first-order valence-electron chi connectivity index (χ1n) is 25.7. The van der Waals surface area contributed by atoms with Crippen molar-refractivity contribution < 1.29 is 52.5 Å². The Morgan fingerprint density at radius 3 is 2.03 bits per heavy atom. The lowest BCUT2D eigenvalue weighted by Crippen LogP contribution is -2.39. The summed E-state index contributed by atoms with van der Waals surface area (Å²) in [7, 11) is 10.1. The van der Waals surface area contributed by atoms with E-state index < -0.39 is 6.04 Å². The van der Waals surface area contributed by atoms with E-state index in [1.165, 1.54) is 12.7 Å². The van der Waals surface area contributed by atoms with Crippen LogP contribution in [-0.2, 0) is 50.0 Å². The Morgan fingerprint density at radius 1 is 0.792 bits per heavy atom. The first-order chi connectivity index (χ1) is 37.4. The van der Waals surface area contributed by atoms with Gasteiger partial charge in [0.1, 0.15) is 25.8 Å². The zero-order chi connectivity index (χ0) is 55.9. The van der Waals surface area contributed by atoms with E-state index in [9.17, 15) is 28.8 Å². The zero-order valence-electron chi connectivity index (χ0n) is 45.6. The summed E-state index contributed by atoms with van der Waals surface area (Å²) in [6.45, 7) is 6.63. The second-order valence-corrected chi connectivity index (χ2v) is 18.0. The Labute approximate surface area is 451 Å². The van der Waals surface area contributed by atoms with Crippen LogP contribution in [0.15, 0.2) is 96.0 Å². The number of para-hydroxylation sites is 2. The minimum Gasteiger partial charge on any atom is -0.493 e. The van der Waals surface area contributed by atoms with Gasteiger partial charge in [-0.25, -0.2) is 0 Å². The molecule has 410 valence electrons. The molecule has 3 atom stereocenters. The smallest absolute Gasteiger partial charge is 0.260 e. The number of nitrogens with zero attached hydrogens (tertiary/aromatic N) is 3. The molecular weight excluding hydrogens is 983 g/mol. The molecule has 18 nitrogen and oxygen atoms in total. The minimum atomic E-state index is -0.439. The normalized spacial score (nSPS) is 14.8. The molecule has 5 aromatic carbocycles. The molecule has 0 radical (unpaired) electrons. The molecule has 0 aromatic heterocycles. The standard InChI is InChI=1S/C47H48N6O7.C8H13NO3.C2H6O.C2H6/c1-28(48-2)46(55)51-34-15-29(26-59-44-21-38(33(25-54)19-42(44)57-4)49-23-35-17-31-10-6-8-12-40(31)52(35)3)14-30(16-34)27-60-45-22-39-37(20-43(45)58-5)47(56)53-36(24-50-39)18-32-11-7-9-13-41(32)53;10-6-3-1-2-4-8(12)9-5-7-11;1-3-2;1-2/h6-16,19-23,25,28,35-36,48,50H,17-18,24,26-27H2,1-5H3,(H,51,55);6-7H,1-5H2,(H,9,12);1-2H3;1-2H3/t28?,35-,36?;;;/m0.../s1. The first-order valence-corrected chi connectivity index (χ1v) is 25.7. The van der Waals surface area contributed by atoms with E-state index in [0.717, 1.165) is 59.9 Å². The Bertz CT molecular complexity index is 2840. The number of rotatable bonds is 21. The molecule has 0 saturated heterocycles. The van der Waals surface area contributed by atoms with Gasteiger partial charge in [0, 0.05) is 81.6 Å². The molecule has 0 bridgehead atoms. The van der Waals surface area contributed by atoms with Gasteiger partial charge in [0.2, 0.25) is 11.8 Å². The van der Waals surface area contributed by atoms with E-state index in [-0.39, 0.29) is 49.6 Å². The summed E-state index contributed by atoms with van der Waals surface area (Å²) in [6, 6.07) is 28.3. The second-order valence-electron chi connectivity index (χ2n) is 18.0. The Balaban J connectivity index is 0.000000560. The van der Waals surface area contributed by atoms with Crippen molar-refractivity contribution in [2.24, 2.45) is 4.99 Å². The lowest BCUT2D eigenvalue weighted by molar-refractivity contribution is -0.122. The molecule has 5 aromatic rings. The van der Waals surface area contributed by atoms with Gasteiger partial charge >= 0.3 is 0 Å². The van der Waals surface area contributed by atoms with E-state index in [4.69, 9.17) is 23.9 Å². The molecule has 2 unspecified atom stereocenters. The molecule has 77 heavy (non-hydrogen) atoms. The summed E-state index contributed by atoms with van der Waals surface area (Å²) < 4.78 is 28.4. The average Bonchev–Trinajstić information content (AvgIpc) is 3.96. The van der Waals surface area contributed by atoms with Gasteiger partial charge in [0.15, 0.2) is 29.3 Å². The molecule has 0 fully saturated rings. The van der Waals surface area contributed by atoms with Crippen LogP contribution < -0.4 is 50.0 Å². The Morgan fingerprint density at radius 2 is 1.42 bits per heavy atom. The van der Waals surface area contributed by atoms with Crippen molar-refractivity contribution >= 4 is 71.2 Å². The van der Waals surface area contributed by atoms with Crippen molar-refractivity contribution in [1.82, 2.24) is 10.6 Å². The second kappa shape index (κ2) is 30.5. The van der Waals surface area contributed by atoms with Crippen molar-refractivity contribution in [3.63, 3.8) is 0 Å². The molecule has 18 heteroatoms. The average molecular weight is 1060 g/mol. The molecule has 4 N–H and O–H groups in total. The van der Waals surface area contributed by atoms with E-state index >= 15 is 0 Å². The number of hydrogen-bond donors (Lipinski definition) is 4. The SMILES string of the molecule is CC.CNC(C)C(=O)Nc1cc(COc2cc(N=C[C@@H]3Cc4ccccc4N3C)c(C=O)cc2OC)cc(COc2cc3c(cc2OC)C(=O)N2c4ccccc4CC2CN3)c1.COC.O=CCCCCC(=O)NCC=O. The van der Waals surface area contributed by atoms with Gasteiger partial charge in [-0.1, -0.05) is 50.2 Å². The highest BCUT2D eigenvalue weighted by atomic mass is 16.5. The van der Waals surface area contributed by atoms with Crippen LogP contribution in [0.25, 0.3) is 0 Å². The van der Waals surface area contributed by atoms with Crippen molar-refractivity contribution in [3.05, 3.63) is 124 Å². The van der Waals surface area contributed by atoms with Crippen LogP contribution in [0, 0.1) is 0 Å². The van der Waals surface area contributed by atoms with Crippen molar-refractivity contribution in [3.8, 4) is 23.0 Å². The summed E-state index contributed by atoms with van der Waals surface area (Å²) in [4.78, 5) is 78.5. The van der Waals surface area contributed by atoms with E-state index in [2.05, 4.69) is 49.1 Å². The van der Waals surface area contributed by atoms with Gasteiger partial charge in [-0.05, 0) is 104 Å². The van der Waals surface area contributed by atoms with Gasteiger partial charge in [-0.2, -0.15) is 0 Å². The van der Waals surface area contributed by atoms with Gasteiger partial charge in [-0.15, -0.1) is 0 Å². The van der Waals surface area contributed by atoms with Crippen LogP contribution in [0.1, 0.15) is 89.4 Å². The maximum atomic E-state index is 14.0. The number of unbranched alkanes of at least 4 members (excludes halogenated alkanes) is 2. The predicted molar refractivity (Wildman–Crippen MR) is 301 cm³/mol.